The molecule has 1 aliphatic rings. The fourth-order valence-electron chi connectivity index (χ4n) is 5.93. The van der Waals surface area contributed by atoms with E-state index in [1.54, 1.807) is 25.1 Å². The lowest BCUT2D eigenvalue weighted by Crippen LogP contribution is -2.29. The number of rotatable bonds is 12. The van der Waals surface area contributed by atoms with Gasteiger partial charge < -0.3 is 29.8 Å². The number of nitrogens with zero attached hydrogens (tertiary/aromatic N) is 2. The van der Waals surface area contributed by atoms with Crippen molar-refractivity contribution in [2.24, 2.45) is 11.7 Å². The second-order valence-electron chi connectivity index (χ2n) is 11.4. The van der Waals surface area contributed by atoms with Gasteiger partial charge in [-0.3, -0.25) is 9.59 Å². The Morgan fingerprint density at radius 1 is 1.11 bits per heavy atom. The molecule has 232 valence electrons. The molecule has 0 spiro atoms. The highest BCUT2D eigenvalue weighted by Gasteiger charge is 2.30. The Labute approximate surface area is 258 Å². The number of amides is 1. The van der Waals surface area contributed by atoms with Crippen molar-refractivity contribution >= 4 is 28.5 Å². The maximum atomic E-state index is 13.0. The number of carbonyl (C=O) groups is 2. The third kappa shape index (κ3) is 7.22. The van der Waals surface area contributed by atoms with Crippen LogP contribution in [0.4, 0.5) is 5.69 Å². The Morgan fingerprint density at radius 2 is 1.89 bits per heavy atom. The van der Waals surface area contributed by atoms with Crippen LogP contribution in [0.3, 0.4) is 0 Å². The number of hydrogen-bond acceptors (Lipinski definition) is 8. The minimum absolute atomic E-state index is 0.0273. The molecule has 4 aromatic rings. The summed E-state index contributed by atoms with van der Waals surface area (Å²) in [5, 5.41) is 4.75. The number of anilines is 1. The van der Waals surface area contributed by atoms with E-state index < -0.39 is 0 Å². The van der Waals surface area contributed by atoms with Gasteiger partial charge in [-0.2, -0.15) is 0 Å². The van der Waals surface area contributed by atoms with Crippen molar-refractivity contribution in [2.75, 3.05) is 25.5 Å². The Hall–Kier alpha value is -4.37. The number of aromatic nitrogens is 1. The van der Waals surface area contributed by atoms with E-state index in [2.05, 4.69) is 17.2 Å². The van der Waals surface area contributed by atoms with Gasteiger partial charge in [0.15, 0.2) is 0 Å². The van der Waals surface area contributed by atoms with Crippen molar-refractivity contribution in [1.82, 2.24) is 9.88 Å². The van der Waals surface area contributed by atoms with Crippen molar-refractivity contribution in [3.63, 3.8) is 0 Å². The number of ether oxygens (including phenoxy) is 2. The minimum atomic E-state index is -0.306. The Balaban J connectivity index is 1.36. The summed E-state index contributed by atoms with van der Waals surface area (Å²) in [5.74, 6) is 2.07. The molecule has 2 aromatic heterocycles. The number of hydrogen-bond donors (Lipinski definition) is 2. The quantitative estimate of drug-likeness (QED) is 0.165. The number of furan rings is 1. The van der Waals surface area contributed by atoms with Crippen LogP contribution in [0.5, 0.6) is 11.6 Å². The first-order valence-corrected chi connectivity index (χ1v) is 15.5. The van der Waals surface area contributed by atoms with Gasteiger partial charge in [0.1, 0.15) is 17.1 Å². The maximum absolute atomic E-state index is 13.0. The second kappa shape index (κ2) is 14.4. The molecule has 1 atom stereocenters. The summed E-state index contributed by atoms with van der Waals surface area (Å²) in [6, 6.07) is 17.1. The average Bonchev–Trinajstić information content (AvgIpc) is 3.38. The number of aryl methyl sites for hydroxylation is 1. The van der Waals surface area contributed by atoms with Crippen molar-refractivity contribution in [1.29, 1.82) is 0 Å². The Kier molecular flexibility index (Phi) is 10.2. The molecule has 0 saturated heterocycles. The molecule has 0 aliphatic heterocycles. The number of nitrogens with one attached hydrogen (secondary N) is 1. The number of esters is 1. The third-order valence-electron chi connectivity index (χ3n) is 8.39. The zero-order valence-electron chi connectivity index (χ0n) is 25.8. The Morgan fingerprint density at radius 3 is 2.61 bits per heavy atom. The molecule has 1 amide bonds. The van der Waals surface area contributed by atoms with Crippen LogP contribution in [0.1, 0.15) is 78.7 Å². The van der Waals surface area contributed by atoms with Crippen molar-refractivity contribution in [3.8, 4) is 11.6 Å². The molecule has 1 fully saturated rings. The van der Waals surface area contributed by atoms with Crippen molar-refractivity contribution in [3.05, 3.63) is 83.2 Å². The topological polar surface area (TPSA) is 120 Å². The molecule has 44 heavy (non-hydrogen) atoms. The lowest BCUT2D eigenvalue weighted by atomic mass is 9.82. The first-order valence-electron chi connectivity index (χ1n) is 15.5. The summed E-state index contributed by atoms with van der Waals surface area (Å²) < 4.78 is 17.6. The van der Waals surface area contributed by atoms with Crippen LogP contribution in [0.25, 0.3) is 11.0 Å². The molecule has 2 aromatic carbocycles. The normalized spacial score (nSPS) is 14.3. The predicted molar refractivity (Wildman–Crippen MR) is 171 cm³/mol. The van der Waals surface area contributed by atoms with Crippen LogP contribution in [0.15, 0.2) is 65.2 Å². The zero-order valence-corrected chi connectivity index (χ0v) is 25.8. The molecule has 3 N–H and O–H groups in total. The van der Waals surface area contributed by atoms with E-state index >= 15 is 0 Å². The maximum Gasteiger partial charge on any atom is 0.307 e. The highest BCUT2D eigenvalue weighted by Crippen LogP contribution is 2.41. The molecule has 9 nitrogen and oxygen atoms in total. The zero-order chi connectivity index (χ0) is 31.1. The van der Waals surface area contributed by atoms with E-state index in [-0.39, 0.29) is 24.3 Å². The van der Waals surface area contributed by atoms with E-state index in [1.165, 1.54) is 19.3 Å². The van der Waals surface area contributed by atoms with E-state index in [1.807, 2.05) is 54.6 Å². The van der Waals surface area contributed by atoms with Gasteiger partial charge in [-0.1, -0.05) is 25.3 Å². The smallest absolute Gasteiger partial charge is 0.307 e. The number of fused-ring (bicyclic) bond motifs is 1. The molecule has 0 bridgehead atoms. The first kappa shape index (κ1) is 31.1. The van der Waals surface area contributed by atoms with Crippen LogP contribution >= 0.6 is 0 Å². The standard InChI is InChI=1S/C35H42N4O5/c1-4-42-31(40)18-20-39(3)35(41)25-12-14-27(15-13-25)38-32(24-9-6-5-7-10-24)33-23(2)29-21-28(16-17-30(29)44-33)43-34-26(22-36)11-8-19-37-34/h8,11-17,19,21,24,32,38H,4-7,9-10,18,20,22,36H2,1-3H3. The molecule has 1 unspecified atom stereocenters. The van der Waals surface area contributed by atoms with Crippen LogP contribution in [-0.4, -0.2) is 42.0 Å². The van der Waals surface area contributed by atoms with Gasteiger partial charge in [0.25, 0.3) is 5.91 Å². The van der Waals surface area contributed by atoms with Gasteiger partial charge in [0, 0.05) is 54.1 Å². The summed E-state index contributed by atoms with van der Waals surface area (Å²) in [6.07, 6.45) is 7.74. The molecular formula is C35H42N4O5. The fourth-order valence-corrected chi connectivity index (χ4v) is 5.93. The highest BCUT2D eigenvalue weighted by molar-refractivity contribution is 5.94. The summed E-state index contributed by atoms with van der Waals surface area (Å²) in [4.78, 5) is 30.6. The SMILES string of the molecule is CCOC(=O)CCN(C)C(=O)c1ccc(NC(c2oc3ccc(Oc4ncccc4CN)cc3c2C)C2CCCCC2)cc1. The van der Waals surface area contributed by atoms with Gasteiger partial charge in [0.05, 0.1) is 19.1 Å². The van der Waals surface area contributed by atoms with Crippen molar-refractivity contribution < 1.29 is 23.5 Å². The first-order chi connectivity index (χ1) is 21.4. The van der Waals surface area contributed by atoms with E-state index in [9.17, 15) is 9.59 Å². The van der Waals surface area contributed by atoms with Gasteiger partial charge in [0.2, 0.25) is 5.88 Å². The van der Waals surface area contributed by atoms with Gasteiger partial charge >= 0.3 is 5.97 Å². The van der Waals surface area contributed by atoms with Crippen LogP contribution in [-0.2, 0) is 16.1 Å². The number of nitrogens with two attached hydrogens (primary N) is 1. The highest BCUT2D eigenvalue weighted by atomic mass is 16.5. The number of benzene rings is 2. The largest absolute Gasteiger partial charge is 0.466 e. The molecule has 2 heterocycles. The Bertz CT molecular complexity index is 1580. The number of carbonyl (C=O) groups excluding carboxylic acids is 2. The van der Waals surface area contributed by atoms with Gasteiger partial charge in [-0.25, -0.2) is 4.98 Å². The molecular weight excluding hydrogens is 556 g/mol. The van der Waals surface area contributed by atoms with E-state index in [0.29, 0.717) is 42.8 Å². The number of pyridine rings is 1. The lowest BCUT2D eigenvalue weighted by molar-refractivity contribution is -0.143. The monoisotopic (exact) mass is 598 g/mol. The van der Waals surface area contributed by atoms with E-state index in [4.69, 9.17) is 19.6 Å². The summed E-state index contributed by atoms with van der Waals surface area (Å²) in [7, 11) is 1.70. The minimum Gasteiger partial charge on any atom is -0.466 e. The van der Waals surface area contributed by atoms with Gasteiger partial charge in [-0.05, 0) is 81.1 Å². The average molecular weight is 599 g/mol. The third-order valence-corrected chi connectivity index (χ3v) is 8.39. The molecule has 1 saturated carbocycles. The predicted octanol–water partition coefficient (Wildman–Crippen LogP) is 7.15. The molecule has 5 rings (SSSR count). The molecule has 9 heteroatoms. The van der Waals surface area contributed by atoms with E-state index in [0.717, 1.165) is 46.4 Å². The second-order valence-corrected chi connectivity index (χ2v) is 11.4. The molecule has 0 radical (unpaired) electrons. The van der Waals surface area contributed by atoms with Crippen molar-refractivity contribution in [2.45, 2.75) is 65.0 Å². The lowest BCUT2D eigenvalue weighted by Gasteiger charge is -2.31. The summed E-state index contributed by atoms with van der Waals surface area (Å²) >= 11 is 0. The van der Waals surface area contributed by atoms with Crippen LogP contribution in [0.2, 0.25) is 0 Å². The fraction of sp³-hybridized carbons (Fsp3) is 0.400. The van der Waals surface area contributed by atoms with Crippen LogP contribution < -0.4 is 15.8 Å². The summed E-state index contributed by atoms with van der Waals surface area (Å²) in [5.41, 5.74) is 10.1. The summed E-state index contributed by atoms with van der Waals surface area (Å²) in [6.45, 7) is 4.84. The van der Waals surface area contributed by atoms with Crippen LogP contribution in [0, 0.1) is 12.8 Å². The molecule has 1 aliphatic carbocycles. The van der Waals surface area contributed by atoms with Gasteiger partial charge in [-0.15, -0.1) is 0 Å².